The molecular formula is C14H25N3O2S. The standard InChI is InChI=1S/C14H25N3O2S/c1-3-6-15-14(10-13-4-7-17(2)16-13)9-12-5-8-20(18,19)11-12/h4,7,12,14-15H,3,5-6,8-11H2,1-2H3. The fraction of sp³-hybridized carbons (Fsp3) is 0.786. The Bertz CT molecular complexity index is 524. The van der Waals surface area contributed by atoms with E-state index in [1.54, 1.807) is 0 Å². The second-order valence-electron chi connectivity index (χ2n) is 5.84. The van der Waals surface area contributed by atoms with Gasteiger partial charge < -0.3 is 5.32 Å². The lowest BCUT2D eigenvalue weighted by Crippen LogP contribution is -2.34. The van der Waals surface area contributed by atoms with Gasteiger partial charge in [-0.1, -0.05) is 6.92 Å². The fourth-order valence-electron chi connectivity index (χ4n) is 2.87. The Labute approximate surface area is 121 Å². The molecule has 6 heteroatoms. The molecule has 20 heavy (non-hydrogen) atoms. The molecule has 2 unspecified atom stereocenters. The third kappa shape index (κ3) is 4.59. The summed E-state index contributed by atoms with van der Waals surface area (Å²) in [5.74, 6) is 1.03. The van der Waals surface area contributed by atoms with E-state index in [-0.39, 0.29) is 0 Å². The molecular weight excluding hydrogens is 274 g/mol. The summed E-state index contributed by atoms with van der Waals surface area (Å²) in [6, 6.07) is 2.36. The molecule has 0 amide bonds. The van der Waals surface area contributed by atoms with Gasteiger partial charge in [0.1, 0.15) is 0 Å². The van der Waals surface area contributed by atoms with Gasteiger partial charge in [0, 0.05) is 25.7 Å². The average molecular weight is 299 g/mol. The van der Waals surface area contributed by atoms with E-state index in [2.05, 4.69) is 17.3 Å². The maximum atomic E-state index is 11.6. The van der Waals surface area contributed by atoms with Crippen molar-refractivity contribution in [3.63, 3.8) is 0 Å². The van der Waals surface area contributed by atoms with Crippen LogP contribution in [0, 0.1) is 5.92 Å². The number of nitrogens with zero attached hydrogens (tertiary/aromatic N) is 2. The van der Waals surface area contributed by atoms with Crippen molar-refractivity contribution in [2.75, 3.05) is 18.1 Å². The van der Waals surface area contributed by atoms with Crippen LogP contribution < -0.4 is 5.32 Å². The maximum Gasteiger partial charge on any atom is 0.150 e. The zero-order chi connectivity index (χ0) is 14.6. The van der Waals surface area contributed by atoms with Crippen molar-refractivity contribution in [1.29, 1.82) is 0 Å². The Hall–Kier alpha value is -0.880. The summed E-state index contributed by atoms with van der Waals surface area (Å²) in [4.78, 5) is 0. The molecule has 1 aliphatic rings. The molecule has 1 aromatic rings. The van der Waals surface area contributed by atoms with E-state index in [0.717, 1.165) is 37.9 Å². The van der Waals surface area contributed by atoms with Crippen LogP contribution in [-0.2, 0) is 23.3 Å². The quantitative estimate of drug-likeness (QED) is 0.820. The highest BCUT2D eigenvalue weighted by molar-refractivity contribution is 7.91. The van der Waals surface area contributed by atoms with Gasteiger partial charge in [0.25, 0.3) is 0 Å². The number of hydrogen-bond acceptors (Lipinski definition) is 4. The molecule has 0 aliphatic carbocycles. The summed E-state index contributed by atoms with van der Waals surface area (Å²) >= 11 is 0. The maximum absolute atomic E-state index is 11.6. The van der Waals surface area contributed by atoms with Crippen molar-refractivity contribution in [2.45, 2.75) is 38.6 Å². The lowest BCUT2D eigenvalue weighted by Gasteiger charge is -2.20. The van der Waals surface area contributed by atoms with E-state index < -0.39 is 9.84 Å². The van der Waals surface area contributed by atoms with Crippen molar-refractivity contribution in [2.24, 2.45) is 13.0 Å². The van der Waals surface area contributed by atoms with Gasteiger partial charge in [0.2, 0.25) is 0 Å². The number of hydrogen-bond donors (Lipinski definition) is 1. The zero-order valence-corrected chi connectivity index (χ0v) is 13.2. The summed E-state index contributed by atoms with van der Waals surface area (Å²) in [6.45, 7) is 3.11. The minimum Gasteiger partial charge on any atom is -0.314 e. The average Bonchev–Trinajstić information content (AvgIpc) is 2.92. The summed E-state index contributed by atoms with van der Waals surface area (Å²) in [6.07, 6.45) is 5.65. The first-order valence-corrected chi connectivity index (χ1v) is 9.23. The Morgan fingerprint density at radius 3 is 2.90 bits per heavy atom. The van der Waals surface area contributed by atoms with Gasteiger partial charge >= 0.3 is 0 Å². The minimum atomic E-state index is -2.78. The number of nitrogens with one attached hydrogen (secondary N) is 1. The molecule has 0 radical (unpaired) electrons. The first kappa shape index (κ1) is 15.5. The molecule has 1 N–H and O–H groups in total. The first-order chi connectivity index (χ1) is 9.48. The van der Waals surface area contributed by atoms with E-state index in [4.69, 9.17) is 0 Å². The molecule has 2 rings (SSSR count). The van der Waals surface area contributed by atoms with E-state index in [1.165, 1.54) is 0 Å². The third-order valence-corrected chi connectivity index (χ3v) is 5.69. The van der Waals surface area contributed by atoms with Crippen LogP contribution in [0.5, 0.6) is 0 Å². The van der Waals surface area contributed by atoms with Crippen molar-refractivity contribution in [3.05, 3.63) is 18.0 Å². The summed E-state index contributed by atoms with van der Waals surface area (Å²) in [7, 11) is -0.860. The topological polar surface area (TPSA) is 64.0 Å². The number of aromatic nitrogens is 2. The fourth-order valence-corrected chi connectivity index (χ4v) is 4.75. The van der Waals surface area contributed by atoms with Crippen molar-refractivity contribution < 1.29 is 8.42 Å². The predicted molar refractivity (Wildman–Crippen MR) is 80.4 cm³/mol. The van der Waals surface area contributed by atoms with Crippen LogP contribution in [0.25, 0.3) is 0 Å². The van der Waals surface area contributed by atoms with Crippen LogP contribution in [0.15, 0.2) is 12.3 Å². The Kier molecular flexibility index (Phi) is 5.21. The smallest absolute Gasteiger partial charge is 0.150 e. The van der Waals surface area contributed by atoms with Crippen LogP contribution >= 0.6 is 0 Å². The molecule has 1 fully saturated rings. The summed E-state index contributed by atoms with van der Waals surface area (Å²) < 4.78 is 24.9. The van der Waals surface area contributed by atoms with E-state index >= 15 is 0 Å². The van der Waals surface area contributed by atoms with E-state index in [0.29, 0.717) is 23.5 Å². The molecule has 1 saturated heterocycles. The van der Waals surface area contributed by atoms with Crippen LogP contribution in [0.3, 0.4) is 0 Å². The molecule has 2 atom stereocenters. The third-order valence-electron chi connectivity index (χ3n) is 3.85. The van der Waals surface area contributed by atoms with Crippen molar-refractivity contribution >= 4 is 9.84 Å². The minimum absolute atomic E-state index is 0.304. The highest BCUT2D eigenvalue weighted by Gasteiger charge is 2.29. The highest BCUT2D eigenvalue weighted by atomic mass is 32.2. The largest absolute Gasteiger partial charge is 0.314 e. The van der Waals surface area contributed by atoms with E-state index in [1.807, 2.05) is 24.0 Å². The molecule has 5 nitrogen and oxygen atoms in total. The number of sulfone groups is 1. The monoisotopic (exact) mass is 299 g/mol. The summed E-state index contributed by atoms with van der Waals surface area (Å²) in [5.41, 5.74) is 1.07. The Morgan fingerprint density at radius 1 is 1.55 bits per heavy atom. The van der Waals surface area contributed by atoms with Crippen LogP contribution in [-0.4, -0.2) is 42.3 Å². The Morgan fingerprint density at radius 2 is 2.35 bits per heavy atom. The zero-order valence-electron chi connectivity index (χ0n) is 12.4. The molecule has 0 spiro atoms. The molecule has 0 bridgehead atoms. The normalized spacial score (nSPS) is 23.0. The van der Waals surface area contributed by atoms with Gasteiger partial charge in [-0.05, 0) is 37.8 Å². The lowest BCUT2D eigenvalue weighted by molar-refractivity contribution is 0.399. The van der Waals surface area contributed by atoms with Crippen molar-refractivity contribution in [3.8, 4) is 0 Å². The van der Waals surface area contributed by atoms with Crippen LogP contribution in [0.4, 0.5) is 0 Å². The van der Waals surface area contributed by atoms with Gasteiger partial charge in [-0.2, -0.15) is 5.10 Å². The van der Waals surface area contributed by atoms with Gasteiger partial charge in [0.05, 0.1) is 17.2 Å². The van der Waals surface area contributed by atoms with Gasteiger partial charge in [-0.3, -0.25) is 4.68 Å². The molecule has 1 aliphatic heterocycles. The van der Waals surface area contributed by atoms with Crippen molar-refractivity contribution in [1.82, 2.24) is 15.1 Å². The van der Waals surface area contributed by atoms with Crippen LogP contribution in [0.1, 0.15) is 31.9 Å². The molecule has 2 heterocycles. The van der Waals surface area contributed by atoms with E-state index in [9.17, 15) is 8.42 Å². The molecule has 1 aromatic heterocycles. The SMILES string of the molecule is CCCNC(Cc1ccn(C)n1)CC1CCS(=O)(=O)C1. The first-order valence-electron chi connectivity index (χ1n) is 7.41. The van der Waals surface area contributed by atoms with Crippen LogP contribution in [0.2, 0.25) is 0 Å². The highest BCUT2D eigenvalue weighted by Crippen LogP contribution is 2.24. The molecule has 0 aromatic carbocycles. The number of aryl methyl sites for hydroxylation is 1. The van der Waals surface area contributed by atoms with Gasteiger partial charge in [-0.25, -0.2) is 8.42 Å². The predicted octanol–water partition coefficient (Wildman–Crippen LogP) is 1.16. The summed E-state index contributed by atoms with van der Waals surface area (Å²) in [5, 5.41) is 7.96. The lowest BCUT2D eigenvalue weighted by atomic mass is 9.96. The molecule has 0 saturated carbocycles. The van der Waals surface area contributed by atoms with Gasteiger partial charge in [0.15, 0.2) is 9.84 Å². The molecule has 114 valence electrons. The number of rotatable bonds is 7. The second-order valence-corrected chi connectivity index (χ2v) is 8.07. The van der Waals surface area contributed by atoms with Gasteiger partial charge in [-0.15, -0.1) is 0 Å². The second kappa shape index (κ2) is 6.72. The Balaban J connectivity index is 1.93.